The van der Waals surface area contributed by atoms with E-state index in [9.17, 15) is 20.0 Å². The van der Waals surface area contributed by atoms with Gasteiger partial charge in [0.15, 0.2) is 0 Å². The zero-order valence-electron chi connectivity index (χ0n) is 14.0. The van der Waals surface area contributed by atoms with Crippen LogP contribution in [0.4, 0.5) is 5.69 Å². The van der Waals surface area contributed by atoms with Crippen molar-refractivity contribution in [3.8, 4) is 0 Å². The molecule has 0 aliphatic rings. The van der Waals surface area contributed by atoms with Crippen LogP contribution in [0.2, 0.25) is 0 Å². The molecule has 0 aliphatic heterocycles. The highest BCUT2D eigenvalue weighted by molar-refractivity contribution is 6.05. The molecule has 0 saturated heterocycles. The molecule has 3 aromatic rings. The number of carboxylic acid groups (broad SMARTS) is 1. The average Bonchev–Trinajstić information content (AvgIpc) is 2.90. The van der Waals surface area contributed by atoms with E-state index < -0.39 is 10.9 Å². The molecule has 6 nitrogen and oxygen atoms in total. The van der Waals surface area contributed by atoms with E-state index in [-0.39, 0.29) is 17.2 Å². The molecule has 0 atom stereocenters. The Labute approximate surface area is 144 Å². The molecule has 0 bridgehead atoms. The number of nitro benzene ring substituents is 1. The van der Waals surface area contributed by atoms with E-state index in [1.807, 2.05) is 48.7 Å². The molecule has 3 rings (SSSR count). The Morgan fingerprint density at radius 3 is 2.44 bits per heavy atom. The molecular formula is C19H18N2O4. The zero-order valence-corrected chi connectivity index (χ0v) is 14.0. The smallest absolute Gasteiger partial charge is 0.338 e. The topological polar surface area (TPSA) is 85.4 Å². The van der Waals surface area contributed by atoms with Crippen LogP contribution < -0.4 is 0 Å². The minimum atomic E-state index is -1.02. The van der Waals surface area contributed by atoms with Crippen LogP contribution >= 0.6 is 0 Å². The number of rotatable bonds is 5. The Hall–Kier alpha value is -3.15. The fraction of sp³-hybridized carbons (Fsp3) is 0.211. The van der Waals surface area contributed by atoms with E-state index in [4.69, 9.17) is 0 Å². The highest BCUT2D eigenvalue weighted by Gasteiger charge is 2.25. The molecular weight excluding hydrogens is 320 g/mol. The third-order valence-electron chi connectivity index (χ3n) is 4.24. The second-order valence-electron chi connectivity index (χ2n) is 6.25. The third-order valence-corrected chi connectivity index (χ3v) is 4.24. The molecule has 6 heteroatoms. The van der Waals surface area contributed by atoms with Crippen molar-refractivity contribution in [2.75, 3.05) is 0 Å². The Bertz CT molecular complexity index is 958. The van der Waals surface area contributed by atoms with Gasteiger partial charge in [0, 0.05) is 29.8 Å². The van der Waals surface area contributed by atoms with Gasteiger partial charge in [0.2, 0.25) is 0 Å². The van der Waals surface area contributed by atoms with Gasteiger partial charge in [0.1, 0.15) is 0 Å². The van der Waals surface area contributed by atoms with E-state index in [1.54, 1.807) is 0 Å². The van der Waals surface area contributed by atoms with Crippen LogP contribution in [0, 0.1) is 10.1 Å². The van der Waals surface area contributed by atoms with Crippen molar-refractivity contribution in [2.24, 2.45) is 0 Å². The molecule has 1 heterocycles. The number of aromatic nitrogens is 1. The number of hydrogen-bond acceptors (Lipinski definition) is 3. The van der Waals surface area contributed by atoms with Crippen LogP contribution in [0.1, 0.15) is 41.4 Å². The number of nitro groups is 1. The minimum Gasteiger partial charge on any atom is -0.478 e. The summed E-state index contributed by atoms with van der Waals surface area (Å²) in [6.07, 6.45) is 0. The first-order chi connectivity index (χ1) is 11.9. The van der Waals surface area contributed by atoms with Crippen LogP contribution in [0.25, 0.3) is 10.9 Å². The van der Waals surface area contributed by atoms with Gasteiger partial charge in [-0.2, -0.15) is 0 Å². The Kier molecular flexibility index (Phi) is 4.27. The molecule has 0 aliphatic carbocycles. The molecule has 0 radical (unpaired) electrons. The van der Waals surface area contributed by atoms with Gasteiger partial charge >= 0.3 is 5.97 Å². The summed E-state index contributed by atoms with van der Waals surface area (Å²) in [5.41, 5.74) is 2.41. The fourth-order valence-electron chi connectivity index (χ4n) is 3.23. The Morgan fingerprint density at radius 2 is 1.88 bits per heavy atom. The molecule has 128 valence electrons. The first-order valence-electron chi connectivity index (χ1n) is 7.98. The van der Waals surface area contributed by atoms with E-state index >= 15 is 0 Å². The molecule has 25 heavy (non-hydrogen) atoms. The Balaban J connectivity index is 2.33. The second-order valence-corrected chi connectivity index (χ2v) is 6.25. The fourth-order valence-corrected chi connectivity index (χ4v) is 3.23. The van der Waals surface area contributed by atoms with Crippen LogP contribution in [0.3, 0.4) is 0 Å². The maximum Gasteiger partial charge on any atom is 0.338 e. The predicted octanol–water partition coefficient (Wildman–Crippen LogP) is 4.42. The minimum absolute atomic E-state index is 0.0405. The van der Waals surface area contributed by atoms with Gasteiger partial charge in [0.25, 0.3) is 5.69 Å². The van der Waals surface area contributed by atoms with Crippen LogP contribution in [0.15, 0.2) is 48.5 Å². The van der Waals surface area contributed by atoms with E-state index in [0.717, 1.165) is 5.56 Å². The summed E-state index contributed by atoms with van der Waals surface area (Å²) in [7, 11) is 0. The molecule has 1 aromatic heterocycles. The standard InChI is InChI=1S/C19H18N2O4/c1-12(2)18-17(19(22)23)15-9-8-14(21(24)25)10-16(15)20(18)11-13-6-4-3-5-7-13/h3-10,12H,11H2,1-2H3,(H,22,23). The predicted molar refractivity (Wildman–Crippen MR) is 95.2 cm³/mol. The van der Waals surface area contributed by atoms with Gasteiger partial charge < -0.3 is 9.67 Å². The summed E-state index contributed by atoms with van der Waals surface area (Å²) in [5.74, 6) is -1.06. The second kappa shape index (κ2) is 6.39. The summed E-state index contributed by atoms with van der Waals surface area (Å²) in [6.45, 7) is 4.31. The lowest BCUT2D eigenvalue weighted by atomic mass is 10.0. The number of carboxylic acids is 1. The summed E-state index contributed by atoms with van der Waals surface area (Å²) >= 11 is 0. The van der Waals surface area contributed by atoms with Gasteiger partial charge in [-0.3, -0.25) is 10.1 Å². The highest BCUT2D eigenvalue weighted by Crippen LogP contribution is 2.34. The summed E-state index contributed by atoms with van der Waals surface area (Å²) in [6, 6.07) is 14.0. The molecule has 0 fully saturated rings. The average molecular weight is 338 g/mol. The number of hydrogen-bond donors (Lipinski definition) is 1. The summed E-state index contributed by atoms with van der Waals surface area (Å²) in [4.78, 5) is 22.6. The van der Waals surface area contributed by atoms with Crippen molar-refractivity contribution in [3.63, 3.8) is 0 Å². The third kappa shape index (κ3) is 2.98. The van der Waals surface area contributed by atoms with Gasteiger partial charge in [-0.15, -0.1) is 0 Å². The van der Waals surface area contributed by atoms with Crippen molar-refractivity contribution in [2.45, 2.75) is 26.3 Å². The highest BCUT2D eigenvalue weighted by atomic mass is 16.6. The normalized spacial score (nSPS) is 11.2. The zero-order chi connectivity index (χ0) is 18.1. The molecule has 0 unspecified atom stereocenters. The van der Waals surface area contributed by atoms with Crippen LogP contribution in [-0.2, 0) is 6.54 Å². The molecule has 0 amide bonds. The molecule has 0 saturated carbocycles. The van der Waals surface area contributed by atoms with E-state index in [2.05, 4.69) is 0 Å². The number of aromatic carboxylic acids is 1. The van der Waals surface area contributed by atoms with Crippen molar-refractivity contribution in [1.29, 1.82) is 0 Å². The van der Waals surface area contributed by atoms with Crippen LogP contribution in [0.5, 0.6) is 0 Å². The SMILES string of the molecule is CC(C)c1c(C(=O)O)c2ccc([N+](=O)[O-])cc2n1Cc1ccccc1. The van der Waals surface area contributed by atoms with Crippen molar-refractivity contribution < 1.29 is 14.8 Å². The number of fused-ring (bicyclic) bond motifs is 1. The van der Waals surface area contributed by atoms with Gasteiger partial charge in [0.05, 0.1) is 16.0 Å². The van der Waals surface area contributed by atoms with Gasteiger partial charge in [-0.05, 0) is 17.5 Å². The van der Waals surface area contributed by atoms with Gasteiger partial charge in [-0.25, -0.2) is 4.79 Å². The number of non-ortho nitro benzene ring substituents is 1. The summed E-state index contributed by atoms with van der Waals surface area (Å²) < 4.78 is 1.88. The molecule has 1 N–H and O–H groups in total. The number of benzene rings is 2. The van der Waals surface area contributed by atoms with Crippen LogP contribution in [-0.4, -0.2) is 20.6 Å². The lowest BCUT2D eigenvalue weighted by Crippen LogP contribution is -2.09. The van der Waals surface area contributed by atoms with Gasteiger partial charge in [-0.1, -0.05) is 44.2 Å². The Morgan fingerprint density at radius 1 is 1.20 bits per heavy atom. The first kappa shape index (κ1) is 16.7. The lowest BCUT2D eigenvalue weighted by molar-refractivity contribution is -0.384. The first-order valence-corrected chi connectivity index (χ1v) is 7.98. The van der Waals surface area contributed by atoms with Crippen molar-refractivity contribution in [3.05, 3.63) is 75.5 Å². The van der Waals surface area contributed by atoms with E-state index in [0.29, 0.717) is 23.1 Å². The molecule has 2 aromatic carbocycles. The quantitative estimate of drug-likeness (QED) is 0.551. The molecule has 0 spiro atoms. The summed E-state index contributed by atoms with van der Waals surface area (Å²) in [5, 5.41) is 21.4. The largest absolute Gasteiger partial charge is 0.478 e. The lowest BCUT2D eigenvalue weighted by Gasteiger charge is -2.14. The number of carbonyl (C=O) groups is 1. The van der Waals surface area contributed by atoms with E-state index in [1.165, 1.54) is 18.2 Å². The van der Waals surface area contributed by atoms with Crippen molar-refractivity contribution >= 4 is 22.6 Å². The number of nitrogens with zero attached hydrogens (tertiary/aromatic N) is 2. The maximum atomic E-state index is 11.9. The monoisotopic (exact) mass is 338 g/mol. The maximum absolute atomic E-state index is 11.9. The van der Waals surface area contributed by atoms with Crippen molar-refractivity contribution in [1.82, 2.24) is 4.57 Å².